The van der Waals surface area contributed by atoms with Crippen LogP contribution in [0.3, 0.4) is 0 Å². The molecule has 0 unspecified atom stereocenters. The van der Waals surface area contributed by atoms with Crippen LogP contribution in [-0.4, -0.2) is 5.97 Å². The maximum absolute atomic E-state index is 11.1. The van der Waals surface area contributed by atoms with Gasteiger partial charge in [-0.2, -0.15) is 0 Å². The molecular formula is C15H16O2. The fourth-order valence-electron chi connectivity index (χ4n) is 1.98. The summed E-state index contributed by atoms with van der Waals surface area (Å²) in [4.78, 5) is 11.1. The molecule has 0 bridgehead atoms. The van der Waals surface area contributed by atoms with Crippen molar-refractivity contribution in [2.45, 2.75) is 26.4 Å². The summed E-state index contributed by atoms with van der Waals surface area (Å²) in [5.41, 5.74) is 0.418. The zero-order chi connectivity index (χ0) is 12.5. The third-order valence-electron chi connectivity index (χ3n) is 2.84. The third-order valence-corrected chi connectivity index (χ3v) is 2.84. The van der Waals surface area contributed by atoms with Gasteiger partial charge >= 0.3 is 5.97 Å². The molecule has 0 N–H and O–H groups in total. The molecule has 2 rings (SSSR count). The molecule has 2 aromatic carbocycles. The van der Waals surface area contributed by atoms with E-state index in [9.17, 15) is 4.79 Å². The van der Waals surface area contributed by atoms with Crippen LogP contribution >= 0.6 is 0 Å². The zero-order valence-corrected chi connectivity index (χ0v) is 10.4. The first-order chi connectivity index (χ1) is 7.99. The second kappa shape index (κ2) is 4.21. The molecule has 0 aliphatic heterocycles. The molecule has 0 aromatic heterocycles. The molecule has 17 heavy (non-hydrogen) atoms. The SMILES string of the molecule is CC(=O)OC(C)(C)c1ccc2ccccc2c1. The average Bonchev–Trinajstić information content (AvgIpc) is 2.26. The smallest absolute Gasteiger partial charge is 0.303 e. The van der Waals surface area contributed by atoms with Gasteiger partial charge in [0.25, 0.3) is 0 Å². The molecule has 88 valence electrons. The van der Waals surface area contributed by atoms with E-state index in [4.69, 9.17) is 4.74 Å². The van der Waals surface area contributed by atoms with Crippen LogP contribution in [0, 0.1) is 0 Å². The first-order valence-corrected chi connectivity index (χ1v) is 5.68. The summed E-state index contributed by atoms with van der Waals surface area (Å²) in [6, 6.07) is 14.3. The topological polar surface area (TPSA) is 26.3 Å². The summed E-state index contributed by atoms with van der Waals surface area (Å²) < 4.78 is 5.33. The molecule has 2 nitrogen and oxygen atoms in total. The number of rotatable bonds is 2. The van der Waals surface area contributed by atoms with E-state index in [1.165, 1.54) is 12.3 Å². The molecule has 0 fully saturated rings. The fourth-order valence-corrected chi connectivity index (χ4v) is 1.98. The molecule has 0 radical (unpaired) electrons. The molecule has 2 aromatic rings. The lowest BCUT2D eigenvalue weighted by Gasteiger charge is -2.25. The number of benzene rings is 2. The van der Waals surface area contributed by atoms with Crippen molar-refractivity contribution in [1.29, 1.82) is 0 Å². The normalized spacial score (nSPS) is 11.5. The Morgan fingerprint density at radius 2 is 1.71 bits per heavy atom. The molecule has 2 heteroatoms. The second-order valence-electron chi connectivity index (χ2n) is 4.67. The molecule has 0 atom stereocenters. The van der Waals surface area contributed by atoms with E-state index in [2.05, 4.69) is 24.3 Å². The van der Waals surface area contributed by atoms with Gasteiger partial charge in [-0.25, -0.2) is 0 Å². The number of hydrogen-bond donors (Lipinski definition) is 0. The lowest BCUT2D eigenvalue weighted by atomic mass is 9.95. The first-order valence-electron chi connectivity index (χ1n) is 5.68. The van der Waals surface area contributed by atoms with Gasteiger partial charge in [0.05, 0.1) is 0 Å². The Morgan fingerprint density at radius 1 is 1.06 bits per heavy atom. The number of hydrogen-bond acceptors (Lipinski definition) is 2. The minimum Gasteiger partial charge on any atom is -0.455 e. The fraction of sp³-hybridized carbons (Fsp3) is 0.267. The van der Waals surface area contributed by atoms with Crippen LogP contribution in [0.1, 0.15) is 26.3 Å². The number of fused-ring (bicyclic) bond motifs is 1. The van der Waals surface area contributed by atoms with Gasteiger partial charge in [-0.15, -0.1) is 0 Å². The van der Waals surface area contributed by atoms with Crippen LogP contribution in [0.25, 0.3) is 10.8 Å². The minimum atomic E-state index is -0.587. The van der Waals surface area contributed by atoms with Gasteiger partial charge in [0.15, 0.2) is 0 Å². The highest BCUT2D eigenvalue weighted by Crippen LogP contribution is 2.27. The summed E-state index contributed by atoms with van der Waals surface area (Å²) in [6.07, 6.45) is 0. The van der Waals surface area contributed by atoms with Crippen LogP contribution in [0.15, 0.2) is 42.5 Å². The number of carbonyl (C=O) groups excluding carboxylic acids is 1. The molecule has 0 amide bonds. The first kappa shape index (κ1) is 11.6. The molecular weight excluding hydrogens is 212 g/mol. The largest absolute Gasteiger partial charge is 0.455 e. The number of esters is 1. The maximum atomic E-state index is 11.1. The van der Waals surface area contributed by atoms with Gasteiger partial charge < -0.3 is 4.74 Å². The standard InChI is InChI=1S/C15H16O2/c1-11(16)17-15(2,3)14-9-8-12-6-4-5-7-13(12)10-14/h4-10H,1-3H3. The van der Waals surface area contributed by atoms with Crippen molar-refractivity contribution in [1.82, 2.24) is 0 Å². The van der Waals surface area contributed by atoms with Gasteiger partial charge in [0.2, 0.25) is 0 Å². The van der Waals surface area contributed by atoms with Crippen LogP contribution < -0.4 is 0 Å². The van der Waals surface area contributed by atoms with E-state index in [0.717, 1.165) is 10.9 Å². The number of carbonyl (C=O) groups is 1. The van der Waals surface area contributed by atoms with Gasteiger partial charge in [-0.05, 0) is 36.2 Å². The Bertz CT molecular complexity index is 556. The predicted octanol–water partition coefficient (Wildman–Crippen LogP) is 3.64. The van der Waals surface area contributed by atoms with Gasteiger partial charge in [0, 0.05) is 6.92 Å². The van der Waals surface area contributed by atoms with Crippen molar-refractivity contribution in [2.24, 2.45) is 0 Å². The summed E-state index contributed by atoms with van der Waals surface area (Å²) in [7, 11) is 0. The quantitative estimate of drug-likeness (QED) is 0.733. The van der Waals surface area contributed by atoms with Crippen molar-refractivity contribution in [2.75, 3.05) is 0 Å². The maximum Gasteiger partial charge on any atom is 0.303 e. The van der Waals surface area contributed by atoms with Gasteiger partial charge in [0.1, 0.15) is 5.60 Å². The Balaban J connectivity index is 2.45. The highest BCUT2D eigenvalue weighted by atomic mass is 16.6. The van der Waals surface area contributed by atoms with E-state index < -0.39 is 5.60 Å². The highest BCUT2D eigenvalue weighted by Gasteiger charge is 2.23. The van der Waals surface area contributed by atoms with E-state index >= 15 is 0 Å². The van der Waals surface area contributed by atoms with Crippen molar-refractivity contribution in [3.63, 3.8) is 0 Å². The van der Waals surface area contributed by atoms with Crippen molar-refractivity contribution < 1.29 is 9.53 Å². The van der Waals surface area contributed by atoms with Gasteiger partial charge in [-0.3, -0.25) is 4.79 Å². The molecule has 0 heterocycles. The highest BCUT2D eigenvalue weighted by molar-refractivity contribution is 5.83. The Labute approximate surface area is 101 Å². The van der Waals surface area contributed by atoms with E-state index in [0.29, 0.717) is 0 Å². The summed E-state index contributed by atoms with van der Waals surface area (Å²) in [6.45, 7) is 5.24. The predicted molar refractivity (Wildman–Crippen MR) is 68.7 cm³/mol. The van der Waals surface area contributed by atoms with Crippen molar-refractivity contribution in [3.05, 3.63) is 48.0 Å². The number of ether oxygens (including phenoxy) is 1. The molecule has 0 spiro atoms. The minimum absolute atomic E-state index is 0.261. The van der Waals surface area contributed by atoms with E-state index in [-0.39, 0.29) is 5.97 Å². The summed E-state index contributed by atoms with van der Waals surface area (Å²) in [5, 5.41) is 2.35. The van der Waals surface area contributed by atoms with Crippen LogP contribution in [0.4, 0.5) is 0 Å². The lowest BCUT2D eigenvalue weighted by molar-refractivity contribution is -0.154. The van der Waals surface area contributed by atoms with Crippen molar-refractivity contribution in [3.8, 4) is 0 Å². The Hall–Kier alpha value is -1.83. The van der Waals surface area contributed by atoms with Crippen molar-refractivity contribution >= 4 is 16.7 Å². The zero-order valence-electron chi connectivity index (χ0n) is 10.4. The lowest BCUT2D eigenvalue weighted by Crippen LogP contribution is -2.24. The average molecular weight is 228 g/mol. The molecule has 0 aliphatic carbocycles. The van der Waals surface area contributed by atoms with Gasteiger partial charge in [-0.1, -0.05) is 36.4 Å². The second-order valence-corrected chi connectivity index (χ2v) is 4.67. The Morgan fingerprint density at radius 3 is 2.35 bits per heavy atom. The summed E-state index contributed by atoms with van der Waals surface area (Å²) >= 11 is 0. The molecule has 0 saturated heterocycles. The Kier molecular flexibility index (Phi) is 2.88. The summed E-state index contributed by atoms with van der Waals surface area (Å²) in [5.74, 6) is -0.261. The van der Waals surface area contributed by atoms with Crippen LogP contribution in [0.5, 0.6) is 0 Å². The van der Waals surface area contributed by atoms with Crippen LogP contribution in [0.2, 0.25) is 0 Å². The van der Waals surface area contributed by atoms with E-state index in [1.807, 2.05) is 32.0 Å². The third kappa shape index (κ3) is 2.47. The van der Waals surface area contributed by atoms with E-state index in [1.54, 1.807) is 0 Å². The monoisotopic (exact) mass is 228 g/mol. The van der Waals surface area contributed by atoms with Crippen LogP contribution in [-0.2, 0) is 15.1 Å². The molecule has 0 aliphatic rings. The molecule has 0 saturated carbocycles.